The summed E-state index contributed by atoms with van der Waals surface area (Å²) in [4.78, 5) is 42.0. The van der Waals surface area contributed by atoms with Crippen LogP contribution >= 0.6 is 11.3 Å². The van der Waals surface area contributed by atoms with Gasteiger partial charge in [-0.3, -0.25) is 19.7 Å². The van der Waals surface area contributed by atoms with Gasteiger partial charge in [0, 0.05) is 17.0 Å². The number of nitrogens with zero attached hydrogens (tertiary/aromatic N) is 1. The van der Waals surface area contributed by atoms with Crippen LogP contribution in [0.2, 0.25) is 0 Å². The first-order valence-electron chi connectivity index (χ1n) is 9.70. The molecule has 1 aromatic carbocycles. The number of furan rings is 1. The molecule has 0 saturated carbocycles. The number of piperidine rings is 1. The largest absolute Gasteiger partial charge is 0.462 e. The Labute approximate surface area is 177 Å². The second-order valence-corrected chi connectivity index (χ2v) is 8.45. The maximum atomic E-state index is 12.7. The van der Waals surface area contributed by atoms with Crippen LogP contribution in [0.15, 0.2) is 47.1 Å². The maximum absolute atomic E-state index is 12.7. The van der Waals surface area contributed by atoms with Crippen molar-refractivity contribution in [3.05, 3.63) is 58.8 Å². The summed E-state index contributed by atoms with van der Waals surface area (Å²) in [5.74, 6) is -0.178. The van der Waals surface area contributed by atoms with Crippen LogP contribution in [0.1, 0.15) is 47.1 Å². The first-order chi connectivity index (χ1) is 14.4. The molecule has 154 valence electrons. The van der Waals surface area contributed by atoms with Gasteiger partial charge in [-0.05, 0) is 49.6 Å². The van der Waals surface area contributed by atoms with Gasteiger partial charge in [-0.2, -0.15) is 0 Å². The summed E-state index contributed by atoms with van der Waals surface area (Å²) in [6, 6.07) is 10.8. The van der Waals surface area contributed by atoms with Crippen molar-refractivity contribution < 1.29 is 18.8 Å². The van der Waals surface area contributed by atoms with Crippen LogP contribution in [0.3, 0.4) is 0 Å². The molecule has 2 N–H and O–H groups in total. The predicted molar refractivity (Wildman–Crippen MR) is 113 cm³/mol. The highest BCUT2D eigenvalue weighted by atomic mass is 32.1. The van der Waals surface area contributed by atoms with Gasteiger partial charge in [0.2, 0.25) is 11.8 Å². The second-order valence-electron chi connectivity index (χ2n) is 7.25. The second kappa shape index (κ2) is 7.87. The molecule has 1 unspecified atom stereocenters. The number of amides is 3. The molecule has 2 aromatic heterocycles. The molecule has 3 aromatic rings. The fourth-order valence-corrected chi connectivity index (χ4v) is 4.62. The molecule has 1 fully saturated rings. The zero-order valence-corrected chi connectivity index (χ0v) is 17.5. The van der Waals surface area contributed by atoms with Gasteiger partial charge >= 0.3 is 0 Å². The molecule has 4 rings (SSSR count). The van der Waals surface area contributed by atoms with E-state index < -0.39 is 5.41 Å². The van der Waals surface area contributed by atoms with Crippen LogP contribution in [0, 0.1) is 6.92 Å². The molecule has 0 bridgehead atoms. The normalized spacial score (nSPS) is 18.9. The molecule has 30 heavy (non-hydrogen) atoms. The Morgan fingerprint density at radius 1 is 1.27 bits per heavy atom. The van der Waals surface area contributed by atoms with E-state index in [1.54, 1.807) is 30.5 Å². The Morgan fingerprint density at radius 2 is 2.03 bits per heavy atom. The van der Waals surface area contributed by atoms with Gasteiger partial charge in [-0.25, -0.2) is 4.98 Å². The molecule has 7 nitrogen and oxygen atoms in total. The van der Waals surface area contributed by atoms with Crippen LogP contribution < -0.4 is 10.6 Å². The minimum atomic E-state index is -0.722. The van der Waals surface area contributed by atoms with Crippen molar-refractivity contribution in [1.82, 2.24) is 10.3 Å². The number of thiazole rings is 1. The van der Waals surface area contributed by atoms with E-state index >= 15 is 0 Å². The van der Waals surface area contributed by atoms with Gasteiger partial charge in [-0.1, -0.05) is 19.1 Å². The van der Waals surface area contributed by atoms with Crippen molar-refractivity contribution in [1.29, 1.82) is 0 Å². The van der Waals surface area contributed by atoms with Crippen molar-refractivity contribution in [2.24, 2.45) is 0 Å². The first kappa shape index (κ1) is 20.0. The lowest BCUT2D eigenvalue weighted by Gasteiger charge is -2.35. The van der Waals surface area contributed by atoms with Gasteiger partial charge < -0.3 is 9.73 Å². The number of hydrogen-bond donors (Lipinski definition) is 2. The van der Waals surface area contributed by atoms with Crippen LogP contribution in [-0.2, 0) is 15.0 Å². The number of aryl methyl sites for hydroxylation is 1. The average Bonchev–Trinajstić information content (AvgIpc) is 3.39. The fourth-order valence-electron chi connectivity index (χ4n) is 3.74. The summed E-state index contributed by atoms with van der Waals surface area (Å²) in [7, 11) is 0. The zero-order valence-electron chi connectivity index (χ0n) is 16.7. The third-order valence-corrected chi connectivity index (χ3v) is 6.49. The summed E-state index contributed by atoms with van der Waals surface area (Å²) in [6.45, 7) is 3.78. The zero-order chi connectivity index (χ0) is 21.3. The van der Waals surface area contributed by atoms with E-state index in [1.165, 1.54) is 11.3 Å². The number of imide groups is 1. The number of carbonyl (C=O) groups is 3. The van der Waals surface area contributed by atoms with Gasteiger partial charge in [0.05, 0.1) is 11.7 Å². The van der Waals surface area contributed by atoms with E-state index in [0.29, 0.717) is 41.4 Å². The molecule has 0 aliphatic carbocycles. The molecule has 0 spiro atoms. The minimum absolute atomic E-state index is 0.236. The lowest BCUT2D eigenvalue weighted by molar-refractivity contribution is -0.138. The molecular formula is C22H21N3O4S. The molecule has 8 heteroatoms. The number of rotatable bonds is 5. The summed E-state index contributed by atoms with van der Waals surface area (Å²) < 4.78 is 5.35. The lowest BCUT2D eigenvalue weighted by Crippen LogP contribution is -2.51. The van der Waals surface area contributed by atoms with E-state index in [2.05, 4.69) is 15.6 Å². The van der Waals surface area contributed by atoms with Crippen molar-refractivity contribution in [3.63, 3.8) is 0 Å². The standard InChI is InChI=1S/C22H21N3O4S/c1-3-22(11-10-17(26)24-21(22)28)14-6-8-15(9-7-14)23-19(27)18-13(2)30-20(25-18)16-5-4-12-29-16/h4-9,12H,3,10-11H2,1-2H3,(H,23,27)(H,24,26,28). The third-order valence-electron chi connectivity index (χ3n) is 5.51. The Kier molecular flexibility index (Phi) is 5.26. The summed E-state index contributed by atoms with van der Waals surface area (Å²) >= 11 is 1.40. The van der Waals surface area contributed by atoms with Crippen molar-refractivity contribution in [2.75, 3.05) is 5.32 Å². The third kappa shape index (κ3) is 3.54. The molecule has 1 aliphatic rings. The number of nitrogens with one attached hydrogen (secondary N) is 2. The monoisotopic (exact) mass is 423 g/mol. The van der Waals surface area contributed by atoms with Crippen LogP contribution in [0.4, 0.5) is 5.69 Å². The lowest BCUT2D eigenvalue weighted by atomic mass is 9.72. The maximum Gasteiger partial charge on any atom is 0.275 e. The van der Waals surface area contributed by atoms with E-state index in [9.17, 15) is 14.4 Å². The van der Waals surface area contributed by atoms with Gasteiger partial charge in [-0.15, -0.1) is 11.3 Å². The fraction of sp³-hybridized carbons (Fsp3) is 0.273. The number of anilines is 1. The predicted octanol–water partition coefficient (Wildman–Crippen LogP) is 4.05. The average molecular weight is 423 g/mol. The topological polar surface area (TPSA) is 101 Å². The Morgan fingerprint density at radius 3 is 2.67 bits per heavy atom. The first-order valence-corrected chi connectivity index (χ1v) is 10.5. The molecule has 1 saturated heterocycles. The SMILES string of the molecule is CCC1(c2ccc(NC(=O)c3nc(-c4ccco4)sc3C)cc2)CCC(=O)NC1=O. The Balaban J connectivity index is 1.52. The number of carbonyl (C=O) groups excluding carboxylic acids is 3. The highest BCUT2D eigenvalue weighted by Crippen LogP contribution is 2.36. The van der Waals surface area contributed by atoms with Gasteiger partial charge in [0.15, 0.2) is 10.8 Å². The molecule has 3 amide bonds. The number of benzene rings is 1. The van der Waals surface area contributed by atoms with E-state index in [4.69, 9.17) is 4.42 Å². The minimum Gasteiger partial charge on any atom is -0.462 e. The van der Waals surface area contributed by atoms with Gasteiger partial charge in [0.1, 0.15) is 5.69 Å². The molecule has 3 heterocycles. The van der Waals surface area contributed by atoms with Crippen molar-refractivity contribution in [2.45, 2.75) is 38.5 Å². The Bertz CT molecular complexity index is 1100. The number of aromatic nitrogens is 1. The summed E-state index contributed by atoms with van der Waals surface area (Å²) in [5, 5.41) is 5.96. The summed E-state index contributed by atoms with van der Waals surface area (Å²) in [6.07, 6.45) is 2.96. The molecule has 1 atom stereocenters. The molecule has 0 radical (unpaired) electrons. The Hall–Kier alpha value is -3.26. The molecule has 1 aliphatic heterocycles. The van der Waals surface area contributed by atoms with Gasteiger partial charge in [0.25, 0.3) is 5.91 Å². The quantitative estimate of drug-likeness (QED) is 0.603. The van der Waals surface area contributed by atoms with E-state index in [0.717, 1.165) is 10.4 Å². The van der Waals surface area contributed by atoms with E-state index in [-0.39, 0.29) is 17.7 Å². The van der Waals surface area contributed by atoms with Crippen LogP contribution in [-0.4, -0.2) is 22.7 Å². The highest BCUT2D eigenvalue weighted by Gasteiger charge is 2.42. The smallest absolute Gasteiger partial charge is 0.275 e. The highest BCUT2D eigenvalue weighted by molar-refractivity contribution is 7.15. The van der Waals surface area contributed by atoms with E-state index in [1.807, 2.05) is 26.0 Å². The van der Waals surface area contributed by atoms with Crippen molar-refractivity contribution >= 4 is 34.7 Å². The van der Waals surface area contributed by atoms with Crippen LogP contribution in [0.25, 0.3) is 10.8 Å². The number of hydrogen-bond acceptors (Lipinski definition) is 6. The summed E-state index contributed by atoms with van der Waals surface area (Å²) in [5.41, 5.74) is 1.07. The van der Waals surface area contributed by atoms with Crippen molar-refractivity contribution in [3.8, 4) is 10.8 Å². The van der Waals surface area contributed by atoms with Crippen LogP contribution in [0.5, 0.6) is 0 Å². The molecular weight excluding hydrogens is 402 g/mol.